The monoisotopic (exact) mass is 427 g/mol. The summed E-state index contributed by atoms with van der Waals surface area (Å²) in [6.07, 6.45) is 2.04. The van der Waals surface area contributed by atoms with Gasteiger partial charge in [-0.15, -0.1) is 11.3 Å². The lowest BCUT2D eigenvalue weighted by Crippen LogP contribution is -2.09. The Kier molecular flexibility index (Phi) is 4.54. The van der Waals surface area contributed by atoms with E-state index in [2.05, 4.69) is 6.92 Å². The van der Waals surface area contributed by atoms with Crippen molar-refractivity contribution in [2.75, 3.05) is 0 Å². The molecule has 0 radical (unpaired) electrons. The summed E-state index contributed by atoms with van der Waals surface area (Å²) in [5.41, 5.74) is 2.74. The molecule has 0 spiro atoms. The van der Waals surface area contributed by atoms with E-state index in [4.69, 9.17) is 51.4 Å². The molecule has 2 aromatic carbocycles. The molecule has 25 heavy (non-hydrogen) atoms. The van der Waals surface area contributed by atoms with Gasteiger partial charge in [0.05, 0.1) is 20.8 Å². The van der Waals surface area contributed by atoms with Crippen LogP contribution in [0, 0.1) is 6.92 Å². The standard InChI is InChI=1S/C19H13Cl4NS/c1-10-17(12-6-5-11(20)9-15(12)22)24-18(25-10)19(7-8-19)13-3-2-4-14(21)16(13)23/h2-6,9H,7-8H2,1H3. The molecule has 0 aliphatic heterocycles. The Labute approximate surface area is 170 Å². The highest BCUT2D eigenvalue weighted by molar-refractivity contribution is 7.12. The van der Waals surface area contributed by atoms with Crippen LogP contribution in [0.4, 0.5) is 0 Å². The maximum atomic E-state index is 6.48. The van der Waals surface area contributed by atoms with Crippen LogP contribution in [0.5, 0.6) is 0 Å². The number of hydrogen-bond donors (Lipinski definition) is 0. The summed E-state index contributed by atoms with van der Waals surface area (Å²) in [4.78, 5) is 6.07. The molecule has 1 aromatic heterocycles. The lowest BCUT2D eigenvalue weighted by Gasteiger charge is -2.15. The molecule has 6 heteroatoms. The van der Waals surface area contributed by atoms with Crippen molar-refractivity contribution in [2.24, 2.45) is 0 Å². The van der Waals surface area contributed by atoms with Gasteiger partial charge < -0.3 is 0 Å². The SMILES string of the molecule is Cc1sc(C2(c3cccc(Cl)c3Cl)CC2)nc1-c1ccc(Cl)cc1Cl. The van der Waals surface area contributed by atoms with Crippen LogP contribution >= 0.6 is 57.7 Å². The molecule has 4 rings (SSSR count). The summed E-state index contributed by atoms with van der Waals surface area (Å²) in [5, 5.41) is 3.50. The van der Waals surface area contributed by atoms with Crippen LogP contribution in [0.2, 0.25) is 20.1 Å². The molecule has 1 fully saturated rings. The predicted molar refractivity (Wildman–Crippen MR) is 109 cm³/mol. The van der Waals surface area contributed by atoms with E-state index >= 15 is 0 Å². The molecule has 0 bridgehead atoms. The second-order valence-corrected chi connectivity index (χ2v) is 9.06. The van der Waals surface area contributed by atoms with E-state index < -0.39 is 0 Å². The second kappa shape index (κ2) is 6.44. The van der Waals surface area contributed by atoms with Crippen molar-refractivity contribution in [1.29, 1.82) is 0 Å². The largest absolute Gasteiger partial charge is 0.240 e. The predicted octanol–water partition coefficient (Wildman–Crippen LogP) is 7.81. The molecule has 0 saturated heterocycles. The van der Waals surface area contributed by atoms with Crippen molar-refractivity contribution in [2.45, 2.75) is 25.2 Å². The molecule has 0 atom stereocenters. The van der Waals surface area contributed by atoms with Crippen molar-refractivity contribution in [3.8, 4) is 11.3 Å². The van der Waals surface area contributed by atoms with E-state index in [1.807, 2.05) is 30.3 Å². The molecule has 0 amide bonds. The minimum absolute atomic E-state index is 0.130. The van der Waals surface area contributed by atoms with Crippen LogP contribution in [-0.2, 0) is 5.41 Å². The summed E-state index contributed by atoms with van der Waals surface area (Å²) in [6, 6.07) is 11.3. The second-order valence-electron chi connectivity index (χ2n) is 6.23. The average molecular weight is 429 g/mol. The van der Waals surface area contributed by atoms with E-state index in [0.717, 1.165) is 39.5 Å². The highest BCUT2D eigenvalue weighted by atomic mass is 35.5. The molecule has 1 heterocycles. The summed E-state index contributed by atoms with van der Waals surface area (Å²) in [6.45, 7) is 2.07. The molecule has 0 N–H and O–H groups in total. The van der Waals surface area contributed by atoms with Crippen LogP contribution in [0.1, 0.15) is 28.3 Å². The van der Waals surface area contributed by atoms with Crippen LogP contribution in [0.25, 0.3) is 11.3 Å². The fourth-order valence-corrected chi connectivity index (χ4v) is 5.30. The molecule has 0 unspecified atom stereocenters. The number of benzene rings is 2. The quantitative estimate of drug-likeness (QED) is 0.414. The zero-order valence-electron chi connectivity index (χ0n) is 13.2. The van der Waals surface area contributed by atoms with Crippen LogP contribution in [0.15, 0.2) is 36.4 Å². The number of halogens is 4. The number of aryl methyl sites for hydroxylation is 1. The zero-order chi connectivity index (χ0) is 17.8. The summed E-state index contributed by atoms with van der Waals surface area (Å²) >= 11 is 26.8. The Morgan fingerprint density at radius 2 is 1.76 bits per heavy atom. The molecule has 1 aliphatic rings. The topological polar surface area (TPSA) is 12.9 Å². The van der Waals surface area contributed by atoms with Crippen molar-refractivity contribution in [3.63, 3.8) is 0 Å². The van der Waals surface area contributed by atoms with Gasteiger partial charge in [0, 0.05) is 20.9 Å². The summed E-state index contributed by atoms with van der Waals surface area (Å²) in [5.74, 6) is 0. The van der Waals surface area contributed by atoms with Crippen molar-refractivity contribution >= 4 is 57.7 Å². The smallest absolute Gasteiger partial charge is 0.104 e. The zero-order valence-corrected chi connectivity index (χ0v) is 17.1. The fourth-order valence-electron chi connectivity index (χ4n) is 3.13. The molecule has 128 valence electrons. The van der Waals surface area contributed by atoms with Crippen LogP contribution in [-0.4, -0.2) is 4.98 Å². The van der Waals surface area contributed by atoms with Crippen LogP contribution in [0.3, 0.4) is 0 Å². The first-order valence-electron chi connectivity index (χ1n) is 7.80. The lowest BCUT2D eigenvalue weighted by molar-refractivity contribution is 0.835. The molecule has 1 aliphatic carbocycles. The number of nitrogens with zero attached hydrogens (tertiary/aromatic N) is 1. The van der Waals surface area contributed by atoms with Gasteiger partial charge in [0.15, 0.2) is 0 Å². The number of rotatable bonds is 3. The Bertz CT molecular complexity index is 976. The summed E-state index contributed by atoms with van der Waals surface area (Å²) < 4.78 is 0. The van der Waals surface area contributed by atoms with Gasteiger partial charge in [-0.3, -0.25) is 0 Å². The van der Waals surface area contributed by atoms with E-state index in [1.165, 1.54) is 0 Å². The van der Waals surface area contributed by atoms with Crippen molar-refractivity contribution < 1.29 is 0 Å². The molecule has 1 nitrogen and oxygen atoms in total. The van der Waals surface area contributed by atoms with Gasteiger partial charge in [-0.05, 0) is 49.6 Å². The molecular formula is C19H13Cl4NS. The molecule has 3 aromatic rings. The van der Waals surface area contributed by atoms with Crippen molar-refractivity contribution in [3.05, 3.63) is 71.9 Å². The Balaban J connectivity index is 1.82. The van der Waals surface area contributed by atoms with E-state index in [0.29, 0.717) is 20.1 Å². The maximum absolute atomic E-state index is 6.48. The molecule has 1 saturated carbocycles. The minimum atomic E-state index is -0.130. The number of hydrogen-bond acceptors (Lipinski definition) is 2. The van der Waals surface area contributed by atoms with Gasteiger partial charge in [-0.25, -0.2) is 4.98 Å². The van der Waals surface area contributed by atoms with Crippen LogP contribution < -0.4 is 0 Å². The van der Waals surface area contributed by atoms with E-state index in [9.17, 15) is 0 Å². The van der Waals surface area contributed by atoms with Gasteiger partial charge in [-0.2, -0.15) is 0 Å². The van der Waals surface area contributed by atoms with Gasteiger partial charge in [0.1, 0.15) is 5.01 Å². The number of thiazole rings is 1. The maximum Gasteiger partial charge on any atom is 0.104 e. The Hall–Kier alpha value is -0.770. The van der Waals surface area contributed by atoms with Crippen molar-refractivity contribution in [1.82, 2.24) is 4.98 Å². The Morgan fingerprint density at radius 3 is 2.44 bits per heavy atom. The minimum Gasteiger partial charge on any atom is -0.240 e. The highest BCUT2D eigenvalue weighted by Gasteiger charge is 2.50. The first kappa shape index (κ1) is 17.6. The molecular weight excluding hydrogens is 416 g/mol. The van der Waals surface area contributed by atoms with E-state index in [-0.39, 0.29) is 5.41 Å². The van der Waals surface area contributed by atoms with Gasteiger partial charge >= 0.3 is 0 Å². The average Bonchev–Trinajstić information content (AvgIpc) is 3.28. The Morgan fingerprint density at radius 1 is 1.00 bits per heavy atom. The number of aromatic nitrogens is 1. The van der Waals surface area contributed by atoms with E-state index in [1.54, 1.807) is 17.4 Å². The van der Waals surface area contributed by atoms with Gasteiger partial charge in [-0.1, -0.05) is 58.5 Å². The van der Waals surface area contributed by atoms with Gasteiger partial charge in [0.25, 0.3) is 0 Å². The first-order chi connectivity index (χ1) is 11.9. The van der Waals surface area contributed by atoms with Gasteiger partial charge in [0.2, 0.25) is 0 Å². The highest BCUT2D eigenvalue weighted by Crippen LogP contribution is 2.57. The third-order valence-electron chi connectivity index (χ3n) is 4.61. The lowest BCUT2D eigenvalue weighted by atomic mass is 9.96. The third kappa shape index (κ3) is 2.98. The summed E-state index contributed by atoms with van der Waals surface area (Å²) in [7, 11) is 0. The fraction of sp³-hybridized carbons (Fsp3) is 0.211. The first-order valence-corrected chi connectivity index (χ1v) is 10.1. The normalized spacial score (nSPS) is 15.4. The third-order valence-corrected chi connectivity index (χ3v) is 7.15.